The zero-order valence-electron chi connectivity index (χ0n) is 14.8. The Bertz CT molecular complexity index is 1140. The minimum absolute atomic E-state index is 0.0682. The molecule has 0 saturated carbocycles. The molecule has 3 nitrogen and oxygen atoms in total. The molecular formula is C22H16ClFN2OS. The first-order valence-corrected chi connectivity index (χ1v) is 10.1. The summed E-state index contributed by atoms with van der Waals surface area (Å²) >= 11 is 7.71. The van der Waals surface area contributed by atoms with Crippen molar-refractivity contribution in [2.24, 2.45) is 0 Å². The van der Waals surface area contributed by atoms with E-state index in [0.29, 0.717) is 17.1 Å². The molecule has 3 aromatic carbocycles. The van der Waals surface area contributed by atoms with E-state index in [1.807, 2.05) is 48.5 Å². The monoisotopic (exact) mass is 410 g/mol. The van der Waals surface area contributed by atoms with Crippen molar-refractivity contribution in [3.63, 3.8) is 0 Å². The van der Waals surface area contributed by atoms with E-state index in [1.165, 1.54) is 36.0 Å². The Balaban J connectivity index is 1.62. The van der Waals surface area contributed by atoms with Gasteiger partial charge in [0.05, 0.1) is 23.3 Å². The average Bonchev–Trinajstić information content (AvgIpc) is 3.06. The van der Waals surface area contributed by atoms with E-state index < -0.39 is 0 Å². The number of hydrogen-bond donors (Lipinski definition) is 0. The van der Waals surface area contributed by atoms with E-state index in [9.17, 15) is 9.18 Å². The quantitative estimate of drug-likeness (QED) is 0.295. The summed E-state index contributed by atoms with van der Waals surface area (Å²) in [6.07, 6.45) is 0. The molecule has 0 aliphatic rings. The number of carbonyl (C=O) groups excluding carboxylic acids is 1. The Morgan fingerprint density at radius 3 is 2.50 bits per heavy atom. The fourth-order valence-corrected chi connectivity index (χ4v) is 4.07. The maximum Gasteiger partial charge on any atom is 0.173 e. The third kappa shape index (κ3) is 3.96. The van der Waals surface area contributed by atoms with E-state index in [0.717, 1.165) is 21.8 Å². The fourth-order valence-electron chi connectivity index (χ4n) is 2.96. The summed E-state index contributed by atoms with van der Waals surface area (Å²) in [5.41, 5.74) is 3.33. The summed E-state index contributed by atoms with van der Waals surface area (Å²) in [5, 5.41) is 1.44. The van der Waals surface area contributed by atoms with Gasteiger partial charge in [0.1, 0.15) is 5.82 Å². The first-order valence-electron chi connectivity index (χ1n) is 8.72. The van der Waals surface area contributed by atoms with Gasteiger partial charge >= 0.3 is 0 Å². The van der Waals surface area contributed by atoms with E-state index in [-0.39, 0.29) is 17.4 Å². The second-order valence-electron chi connectivity index (χ2n) is 6.28. The molecule has 0 aliphatic carbocycles. The zero-order chi connectivity index (χ0) is 19.5. The van der Waals surface area contributed by atoms with Crippen molar-refractivity contribution in [3.8, 4) is 0 Å². The molecule has 0 spiro atoms. The van der Waals surface area contributed by atoms with Gasteiger partial charge in [-0.3, -0.25) is 4.79 Å². The van der Waals surface area contributed by atoms with Gasteiger partial charge in [-0.25, -0.2) is 9.37 Å². The molecule has 0 fully saturated rings. The van der Waals surface area contributed by atoms with Crippen LogP contribution in [0.4, 0.5) is 4.39 Å². The second-order valence-corrected chi connectivity index (χ2v) is 7.63. The maximum absolute atomic E-state index is 13.1. The molecule has 0 amide bonds. The van der Waals surface area contributed by atoms with Crippen LogP contribution in [-0.4, -0.2) is 21.1 Å². The molecule has 0 saturated heterocycles. The summed E-state index contributed by atoms with van der Waals surface area (Å²) in [6, 6.07) is 21.1. The van der Waals surface area contributed by atoms with E-state index in [4.69, 9.17) is 11.6 Å². The van der Waals surface area contributed by atoms with Gasteiger partial charge in [-0.1, -0.05) is 53.7 Å². The summed E-state index contributed by atoms with van der Waals surface area (Å²) in [5.74, 6) is -0.204. The predicted octanol–water partition coefficient (Wildman–Crippen LogP) is 5.85. The highest BCUT2D eigenvalue weighted by Crippen LogP contribution is 2.27. The first-order chi connectivity index (χ1) is 13.6. The number of hydrogen-bond acceptors (Lipinski definition) is 3. The molecule has 0 aliphatic heterocycles. The Labute approximate surface area is 171 Å². The van der Waals surface area contributed by atoms with Crippen molar-refractivity contribution >= 4 is 40.2 Å². The van der Waals surface area contributed by atoms with Crippen molar-refractivity contribution < 1.29 is 9.18 Å². The van der Waals surface area contributed by atoms with Gasteiger partial charge in [0.15, 0.2) is 10.9 Å². The van der Waals surface area contributed by atoms with Gasteiger partial charge in [-0.05, 0) is 48.0 Å². The van der Waals surface area contributed by atoms with Crippen LogP contribution in [0.1, 0.15) is 15.9 Å². The third-order valence-corrected chi connectivity index (χ3v) is 5.75. The number of fused-ring (bicyclic) bond motifs is 1. The highest BCUT2D eigenvalue weighted by atomic mass is 35.5. The van der Waals surface area contributed by atoms with E-state index in [2.05, 4.69) is 9.55 Å². The van der Waals surface area contributed by atoms with Gasteiger partial charge in [0.2, 0.25) is 0 Å². The molecule has 28 heavy (non-hydrogen) atoms. The Morgan fingerprint density at radius 1 is 1.00 bits per heavy atom. The van der Waals surface area contributed by atoms with E-state index >= 15 is 0 Å². The number of nitrogens with zero attached hydrogens (tertiary/aromatic N) is 2. The zero-order valence-corrected chi connectivity index (χ0v) is 16.4. The molecule has 0 N–H and O–H groups in total. The summed E-state index contributed by atoms with van der Waals surface area (Å²) in [6.45, 7) is 0.563. The van der Waals surface area contributed by atoms with Crippen LogP contribution >= 0.6 is 23.4 Å². The summed E-state index contributed by atoms with van der Waals surface area (Å²) < 4.78 is 15.1. The van der Waals surface area contributed by atoms with Crippen LogP contribution in [-0.2, 0) is 6.54 Å². The van der Waals surface area contributed by atoms with Gasteiger partial charge in [0, 0.05) is 10.6 Å². The number of ketones is 1. The molecule has 0 atom stereocenters. The summed E-state index contributed by atoms with van der Waals surface area (Å²) in [7, 11) is 0. The molecular weight excluding hydrogens is 395 g/mol. The highest BCUT2D eigenvalue weighted by Gasteiger charge is 2.15. The molecule has 0 bridgehead atoms. The SMILES string of the molecule is O=C(CSc1nc2ccccc2n1Cc1ccccc1Cl)c1ccc(F)cc1. The summed E-state index contributed by atoms with van der Waals surface area (Å²) in [4.78, 5) is 17.2. The molecule has 1 heterocycles. The smallest absolute Gasteiger partial charge is 0.173 e. The van der Waals surface area contributed by atoms with Crippen molar-refractivity contribution in [1.29, 1.82) is 0 Å². The van der Waals surface area contributed by atoms with Crippen LogP contribution in [0.3, 0.4) is 0 Å². The van der Waals surface area contributed by atoms with E-state index in [1.54, 1.807) is 0 Å². The standard InChI is InChI=1S/C22H16ClFN2OS/c23-18-6-2-1-5-16(18)13-26-20-8-4-3-7-19(20)25-22(26)28-14-21(27)15-9-11-17(24)12-10-15/h1-12H,13-14H2. The lowest BCUT2D eigenvalue weighted by Crippen LogP contribution is -2.06. The minimum Gasteiger partial charge on any atom is -0.314 e. The van der Waals surface area contributed by atoms with Crippen molar-refractivity contribution in [3.05, 3.63) is 94.8 Å². The van der Waals surface area contributed by atoms with Crippen LogP contribution in [0, 0.1) is 5.82 Å². The minimum atomic E-state index is -0.356. The lowest BCUT2D eigenvalue weighted by molar-refractivity contribution is 0.102. The molecule has 0 radical (unpaired) electrons. The predicted molar refractivity (Wildman–Crippen MR) is 112 cm³/mol. The Hall–Kier alpha value is -2.63. The Kier molecular flexibility index (Phi) is 5.46. The van der Waals surface area contributed by atoms with Crippen molar-refractivity contribution in [2.45, 2.75) is 11.7 Å². The molecule has 140 valence electrons. The van der Waals surface area contributed by atoms with Crippen LogP contribution in [0.15, 0.2) is 78.0 Å². The van der Waals surface area contributed by atoms with Crippen LogP contribution < -0.4 is 0 Å². The van der Waals surface area contributed by atoms with Gasteiger partial charge in [-0.2, -0.15) is 0 Å². The molecule has 4 aromatic rings. The lowest BCUT2D eigenvalue weighted by atomic mass is 10.1. The highest BCUT2D eigenvalue weighted by molar-refractivity contribution is 7.99. The van der Waals surface area contributed by atoms with Crippen LogP contribution in [0.5, 0.6) is 0 Å². The number of Topliss-reactive ketones (excluding diaryl/α,β-unsaturated/α-hetero) is 1. The van der Waals surface area contributed by atoms with Crippen LogP contribution in [0.2, 0.25) is 5.02 Å². The van der Waals surface area contributed by atoms with Crippen molar-refractivity contribution in [1.82, 2.24) is 9.55 Å². The van der Waals surface area contributed by atoms with Crippen LogP contribution in [0.25, 0.3) is 11.0 Å². The topological polar surface area (TPSA) is 34.9 Å². The number of thioether (sulfide) groups is 1. The number of carbonyl (C=O) groups is 1. The number of halogens is 2. The third-order valence-electron chi connectivity index (χ3n) is 4.40. The number of aromatic nitrogens is 2. The second kappa shape index (κ2) is 8.17. The number of rotatable bonds is 6. The molecule has 4 rings (SSSR count). The van der Waals surface area contributed by atoms with Crippen molar-refractivity contribution in [2.75, 3.05) is 5.75 Å². The Morgan fingerprint density at radius 2 is 1.71 bits per heavy atom. The fraction of sp³-hybridized carbons (Fsp3) is 0.0909. The lowest BCUT2D eigenvalue weighted by Gasteiger charge is -2.10. The number of benzene rings is 3. The number of imidazole rings is 1. The van der Waals surface area contributed by atoms with Gasteiger partial charge in [-0.15, -0.1) is 0 Å². The number of para-hydroxylation sites is 2. The largest absolute Gasteiger partial charge is 0.314 e. The first kappa shape index (κ1) is 18.7. The normalized spacial score (nSPS) is 11.1. The molecule has 6 heteroatoms. The molecule has 1 aromatic heterocycles. The van der Waals surface area contributed by atoms with Gasteiger partial charge in [0.25, 0.3) is 0 Å². The average molecular weight is 411 g/mol. The maximum atomic E-state index is 13.1. The molecule has 0 unspecified atom stereocenters. The van der Waals surface area contributed by atoms with Gasteiger partial charge < -0.3 is 4.57 Å².